The summed E-state index contributed by atoms with van der Waals surface area (Å²) in [6.07, 6.45) is -3.83. The maximum absolute atomic E-state index is 12.5. The van der Waals surface area contributed by atoms with E-state index in [9.17, 15) is 17.6 Å². The molecule has 17 heavy (non-hydrogen) atoms. The molecule has 0 saturated carbocycles. The molecule has 0 aliphatic heterocycles. The monoisotopic (exact) mass is 249 g/mol. The summed E-state index contributed by atoms with van der Waals surface area (Å²) in [5.74, 6) is -4.28. The van der Waals surface area contributed by atoms with Crippen LogP contribution in [0.2, 0.25) is 0 Å². The fraction of sp³-hybridized carbons (Fsp3) is 0.444. The quantitative estimate of drug-likeness (QED) is 0.765. The largest absolute Gasteiger partial charge is 0.457 e. The highest BCUT2D eigenvalue weighted by molar-refractivity contribution is 5.23. The number of ether oxygens (including phenoxy) is 1. The number of hydrogen-bond acceptors (Lipinski definition) is 4. The number of hydrogen-bond donors (Lipinski definition) is 0. The Morgan fingerprint density at radius 2 is 2.12 bits per heavy atom. The van der Waals surface area contributed by atoms with Crippen LogP contribution in [0, 0.1) is 18.3 Å². The first-order valence-corrected chi connectivity index (χ1v) is 4.39. The van der Waals surface area contributed by atoms with Gasteiger partial charge in [0.25, 0.3) is 0 Å². The summed E-state index contributed by atoms with van der Waals surface area (Å²) in [6.45, 7) is -0.0559. The molecule has 1 aromatic heterocycles. The minimum Gasteiger partial charge on any atom is -0.457 e. The molecule has 0 spiro atoms. The van der Waals surface area contributed by atoms with Crippen LogP contribution < -0.4 is 4.74 Å². The van der Waals surface area contributed by atoms with Crippen molar-refractivity contribution in [2.24, 2.45) is 0 Å². The van der Waals surface area contributed by atoms with E-state index in [0.717, 1.165) is 0 Å². The van der Waals surface area contributed by atoms with Crippen LogP contribution in [-0.4, -0.2) is 28.9 Å². The van der Waals surface area contributed by atoms with Crippen molar-refractivity contribution < 1.29 is 22.3 Å². The van der Waals surface area contributed by atoms with E-state index in [1.54, 1.807) is 6.07 Å². The lowest BCUT2D eigenvalue weighted by Crippen LogP contribution is -2.34. The van der Waals surface area contributed by atoms with Crippen molar-refractivity contribution in [3.63, 3.8) is 0 Å². The van der Waals surface area contributed by atoms with Gasteiger partial charge in [-0.1, -0.05) is 0 Å². The Labute approximate surface area is 93.9 Å². The third kappa shape index (κ3) is 3.55. The van der Waals surface area contributed by atoms with Gasteiger partial charge in [0.05, 0.1) is 0 Å². The van der Waals surface area contributed by atoms with E-state index < -0.39 is 25.0 Å². The third-order valence-corrected chi connectivity index (χ3v) is 1.66. The first kappa shape index (κ1) is 13.2. The summed E-state index contributed by atoms with van der Waals surface area (Å²) < 4.78 is 53.0. The van der Waals surface area contributed by atoms with Crippen LogP contribution in [0.3, 0.4) is 0 Å². The Balaban J connectivity index is 2.77. The van der Waals surface area contributed by atoms with Crippen LogP contribution in [0.1, 0.15) is 11.4 Å². The average Bonchev–Trinajstić information content (AvgIpc) is 2.25. The second-order valence-electron chi connectivity index (χ2n) is 3.14. The molecule has 0 bridgehead atoms. The molecular formula is C9H7F4N3O. The standard InChI is InChI=1S/C9H7F4N3O/c1-5-2-6(3-14)16-8(15-5)17-4-9(12,13)7(10)11/h2,7H,4H2,1H3. The smallest absolute Gasteiger partial charge is 0.340 e. The molecule has 1 rings (SSSR count). The summed E-state index contributed by atoms with van der Waals surface area (Å²) in [5, 5.41) is 8.54. The average molecular weight is 249 g/mol. The van der Waals surface area contributed by atoms with Crippen LogP contribution >= 0.6 is 0 Å². The second kappa shape index (κ2) is 4.95. The second-order valence-corrected chi connectivity index (χ2v) is 3.14. The van der Waals surface area contributed by atoms with Crippen molar-refractivity contribution in [1.29, 1.82) is 5.26 Å². The maximum Gasteiger partial charge on any atom is 0.340 e. The van der Waals surface area contributed by atoms with E-state index in [1.165, 1.54) is 13.0 Å². The van der Waals surface area contributed by atoms with E-state index in [4.69, 9.17) is 5.26 Å². The van der Waals surface area contributed by atoms with Gasteiger partial charge in [-0.15, -0.1) is 0 Å². The highest BCUT2D eigenvalue weighted by atomic mass is 19.3. The van der Waals surface area contributed by atoms with Gasteiger partial charge >= 0.3 is 18.4 Å². The van der Waals surface area contributed by atoms with Crippen LogP contribution in [0.25, 0.3) is 0 Å². The molecule has 0 unspecified atom stereocenters. The predicted octanol–water partition coefficient (Wildman–Crippen LogP) is 1.94. The zero-order chi connectivity index (χ0) is 13.1. The van der Waals surface area contributed by atoms with Gasteiger partial charge < -0.3 is 4.74 Å². The maximum atomic E-state index is 12.5. The molecule has 0 radical (unpaired) electrons. The molecule has 1 heterocycles. The highest BCUT2D eigenvalue weighted by Crippen LogP contribution is 2.23. The van der Waals surface area contributed by atoms with Crippen molar-refractivity contribution in [2.45, 2.75) is 19.3 Å². The summed E-state index contributed by atoms with van der Waals surface area (Å²) in [7, 11) is 0. The van der Waals surface area contributed by atoms with Gasteiger partial charge in [-0.25, -0.2) is 13.8 Å². The summed E-state index contributed by atoms with van der Waals surface area (Å²) in [6, 6.07) is 2.44. The molecule has 0 aliphatic rings. The Morgan fingerprint density at radius 3 is 2.65 bits per heavy atom. The molecule has 0 aliphatic carbocycles. The van der Waals surface area contributed by atoms with Crippen molar-refractivity contribution in [3.8, 4) is 12.1 Å². The van der Waals surface area contributed by atoms with Crippen molar-refractivity contribution >= 4 is 0 Å². The van der Waals surface area contributed by atoms with Gasteiger partial charge in [-0.05, 0) is 13.0 Å². The number of alkyl halides is 4. The highest BCUT2D eigenvalue weighted by Gasteiger charge is 2.42. The first-order chi connectivity index (χ1) is 7.85. The zero-order valence-corrected chi connectivity index (χ0v) is 8.62. The normalized spacial score (nSPS) is 11.4. The predicted molar refractivity (Wildman–Crippen MR) is 47.9 cm³/mol. The summed E-state index contributed by atoms with van der Waals surface area (Å²) >= 11 is 0. The van der Waals surface area contributed by atoms with Crippen LogP contribution in [-0.2, 0) is 0 Å². The summed E-state index contributed by atoms with van der Waals surface area (Å²) in [4.78, 5) is 7.02. The first-order valence-electron chi connectivity index (χ1n) is 4.39. The number of rotatable bonds is 4. The van der Waals surface area contributed by atoms with Crippen LogP contribution in [0.4, 0.5) is 17.6 Å². The zero-order valence-electron chi connectivity index (χ0n) is 8.62. The molecule has 0 fully saturated rings. The Bertz CT molecular complexity index is 444. The molecule has 0 saturated heterocycles. The Kier molecular flexibility index (Phi) is 3.83. The van der Waals surface area contributed by atoms with Gasteiger partial charge in [-0.3, -0.25) is 0 Å². The minimum absolute atomic E-state index is 0.0899. The van der Waals surface area contributed by atoms with Gasteiger partial charge in [0.2, 0.25) is 0 Å². The van der Waals surface area contributed by atoms with E-state index >= 15 is 0 Å². The molecule has 4 nitrogen and oxygen atoms in total. The lowest BCUT2D eigenvalue weighted by Gasteiger charge is -2.14. The molecular weight excluding hydrogens is 242 g/mol. The van der Waals surface area contributed by atoms with Crippen molar-refractivity contribution in [2.75, 3.05) is 6.61 Å². The van der Waals surface area contributed by atoms with Gasteiger partial charge in [0, 0.05) is 5.69 Å². The molecule has 92 valence electrons. The lowest BCUT2D eigenvalue weighted by atomic mass is 10.3. The number of nitriles is 1. The molecule has 0 aromatic carbocycles. The SMILES string of the molecule is Cc1cc(C#N)nc(OCC(F)(F)C(F)F)n1. The lowest BCUT2D eigenvalue weighted by molar-refractivity contribution is -0.149. The molecule has 0 atom stereocenters. The van der Waals surface area contributed by atoms with E-state index in [0.29, 0.717) is 5.69 Å². The van der Waals surface area contributed by atoms with Gasteiger partial charge in [0.1, 0.15) is 11.8 Å². The van der Waals surface area contributed by atoms with E-state index in [1.807, 2.05) is 0 Å². The van der Waals surface area contributed by atoms with Crippen LogP contribution in [0.5, 0.6) is 6.01 Å². The topological polar surface area (TPSA) is 58.8 Å². The number of aromatic nitrogens is 2. The van der Waals surface area contributed by atoms with Gasteiger partial charge in [-0.2, -0.15) is 19.0 Å². The minimum atomic E-state index is -4.28. The summed E-state index contributed by atoms with van der Waals surface area (Å²) in [5.41, 5.74) is 0.222. The third-order valence-electron chi connectivity index (χ3n) is 1.66. The Morgan fingerprint density at radius 1 is 1.47 bits per heavy atom. The number of aryl methyl sites for hydroxylation is 1. The van der Waals surface area contributed by atoms with Crippen LogP contribution in [0.15, 0.2) is 6.07 Å². The molecule has 8 heteroatoms. The number of nitrogens with zero attached hydrogens (tertiary/aromatic N) is 3. The van der Waals surface area contributed by atoms with Gasteiger partial charge in [0.15, 0.2) is 6.61 Å². The fourth-order valence-electron chi connectivity index (χ4n) is 0.887. The van der Waals surface area contributed by atoms with Crippen molar-refractivity contribution in [1.82, 2.24) is 9.97 Å². The number of halogens is 4. The molecule has 0 amide bonds. The van der Waals surface area contributed by atoms with E-state index in [-0.39, 0.29) is 5.69 Å². The Hall–Kier alpha value is -1.91. The molecule has 0 N–H and O–H groups in total. The molecule has 1 aromatic rings. The van der Waals surface area contributed by atoms with E-state index in [2.05, 4.69) is 14.7 Å². The van der Waals surface area contributed by atoms with Crippen molar-refractivity contribution in [3.05, 3.63) is 17.5 Å². The fourth-order valence-corrected chi connectivity index (χ4v) is 0.887.